The highest BCUT2D eigenvalue weighted by molar-refractivity contribution is 7.99. The first kappa shape index (κ1) is 66.6. The number of carbonyl (C=O) groups excluding carboxylic acids is 6. The van der Waals surface area contributed by atoms with Gasteiger partial charge in [0.1, 0.15) is 10.9 Å². The van der Waals surface area contributed by atoms with Crippen LogP contribution in [0.3, 0.4) is 0 Å². The molecular formula is C67H82F3N9O10S3. The Morgan fingerprint density at radius 3 is 2.16 bits per heavy atom. The number of carbonyl (C=O) groups is 6. The lowest BCUT2D eigenvalue weighted by molar-refractivity contribution is -0.182. The molecular weight excluding hydrogens is 1240 g/mol. The van der Waals surface area contributed by atoms with Gasteiger partial charge in [-0.2, -0.15) is 13.2 Å². The molecule has 0 radical (unpaired) electrons. The summed E-state index contributed by atoms with van der Waals surface area (Å²) >= 11 is 1.41. The third kappa shape index (κ3) is 14.5. The monoisotopic (exact) mass is 1330 g/mol. The number of amides is 6. The van der Waals surface area contributed by atoms with Crippen molar-refractivity contribution in [3.63, 3.8) is 0 Å². The maximum Gasteiger partial charge on any atom is 0.501 e. The van der Waals surface area contributed by atoms with Gasteiger partial charge in [-0.3, -0.25) is 48.8 Å². The molecule has 4 aliphatic carbocycles. The summed E-state index contributed by atoms with van der Waals surface area (Å²) in [6.07, 6.45) is 11.7. The van der Waals surface area contributed by atoms with E-state index < -0.39 is 82.5 Å². The van der Waals surface area contributed by atoms with Gasteiger partial charge in [0.15, 0.2) is 0 Å². The number of alkyl halides is 3. The van der Waals surface area contributed by atoms with Crippen molar-refractivity contribution in [2.75, 3.05) is 93.3 Å². The van der Waals surface area contributed by atoms with Crippen LogP contribution in [0.1, 0.15) is 142 Å². The highest BCUT2D eigenvalue weighted by atomic mass is 32.2. The van der Waals surface area contributed by atoms with Crippen LogP contribution in [-0.4, -0.2) is 167 Å². The Bertz CT molecular complexity index is 3740. The quantitative estimate of drug-likeness (QED) is 0.0209. The number of unbranched alkanes of at least 4 members (excludes halogenated alkanes) is 2. The molecule has 3 saturated heterocycles. The van der Waals surface area contributed by atoms with Crippen molar-refractivity contribution in [2.24, 2.45) is 16.2 Å². The molecule has 0 spiro atoms. The van der Waals surface area contributed by atoms with Crippen LogP contribution < -0.4 is 25.6 Å². The van der Waals surface area contributed by atoms with Crippen molar-refractivity contribution < 1.29 is 58.8 Å². The molecule has 494 valence electrons. The molecule has 2 atom stereocenters. The predicted octanol–water partition coefficient (Wildman–Crippen LogP) is 9.49. The average Bonchev–Trinajstić information content (AvgIpc) is 0.761. The summed E-state index contributed by atoms with van der Waals surface area (Å²) in [5.41, 5.74) is 0.272. The van der Waals surface area contributed by atoms with E-state index in [1.807, 2.05) is 35.1 Å². The van der Waals surface area contributed by atoms with Crippen molar-refractivity contribution in [1.29, 1.82) is 0 Å². The van der Waals surface area contributed by atoms with E-state index in [1.54, 1.807) is 46.4 Å². The number of hydrogen-bond donors (Lipinski definition) is 4. The standard InChI is InChI=1S/C67H82F3N9O10S3/c1-4-65-42-66(43-65,44-65)54-39-64(2,3)26-24-46(54)40-76-31-33-77(34-32-76)49-17-14-45(15-18-49)60(82)74-92(88,89)51-19-21-55(57(38-51)91(86,87)67(68,69)70)72-48(41-90-50-11-7-5-8-12-50)25-28-75-29-35-78(36-30-75)59(81)13-9-6-10-27-71-47-16-20-52-53(37-47)63(85)79(62(52)84)56-22-23-58(80)73-61(56)83/h5,7-8,11-12,14-21,37-38,48,56,71-72H,4,6,9-10,13,22-36,39-44H2,1-3H3,(H,74,82)(H,73,80,83)/t48-,56?,65?,66?/m1/s1. The zero-order valence-electron chi connectivity index (χ0n) is 52.4. The van der Waals surface area contributed by atoms with Crippen LogP contribution in [0.5, 0.6) is 0 Å². The van der Waals surface area contributed by atoms with E-state index in [2.05, 4.69) is 51.4 Å². The van der Waals surface area contributed by atoms with E-state index in [0.717, 1.165) is 73.2 Å². The number of imide groups is 2. The Morgan fingerprint density at radius 2 is 1.48 bits per heavy atom. The minimum atomic E-state index is -6.15. The van der Waals surface area contributed by atoms with Crippen LogP contribution in [0.2, 0.25) is 0 Å². The maximum absolute atomic E-state index is 14.5. The number of hydrogen-bond acceptors (Lipinski definition) is 16. The molecule has 0 aromatic heterocycles. The summed E-state index contributed by atoms with van der Waals surface area (Å²) in [6, 6.07) is 21.2. The lowest BCUT2D eigenvalue weighted by atomic mass is 9.31. The number of piperidine rings is 1. The Morgan fingerprint density at radius 1 is 0.783 bits per heavy atom. The average molecular weight is 1330 g/mol. The number of piperazine rings is 2. The molecule has 19 nitrogen and oxygen atoms in total. The third-order valence-corrected chi connectivity index (χ3v) is 24.0. The minimum absolute atomic E-state index is 0.000410. The molecule has 4 aliphatic heterocycles. The van der Waals surface area contributed by atoms with Gasteiger partial charge in [-0.1, -0.05) is 63.0 Å². The summed E-state index contributed by atoms with van der Waals surface area (Å²) in [5.74, 6) is -3.06. The number of sulfonamides is 1. The van der Waals surface area contributed by atoms with Gasteiger partial charge in [0.25, 0.3) is 37.6 Å². The summed E-state index contributed by atoms with van der Waals surface area (Å²) in [7, 11) is -11.1. The molecule has 6 amide bonds. The van der Waals surface area contributed by atoms with Gasteiger partial charge >= 0.3 is 5.51 Å². The summed E-state index contributed by atoms with van der Waals surface area (Å²) in [6.45, 7) is 14.3. The van der Waals surface area contributed by atoms with Crippen molar-refractivity contribution >= 4 is 84.1 Å². The van der Waals surface area contributed by atoms with Gasteiger partial charge in [-0.05, 0) is 153 Å². The van der Waals surface area contributed by atoms with Crippen molar-refractivity contribution in [2.45, 2.75) is 143 Å². The Hall–Kier alpha value is -6.80. The number of fused-ring (bicyclic) bond motifs is 1. The van der Waals surface area contributed by atoms with Crippen molar-refractivity contribution in [3.8, 4) is 0 Å². The second-order valence-corrected chi connectivity index (χ2v) is 31.5. The highest BCUT2D eigenvalue weighted by Crippen LogP contribution is 2.79. The molecule has 4 N–H and O–H groups in total. The number of rotatable bonds is 25. The van der Waals surface area contributed by atoms with Crippen LogP contribution in [0, 0.1) is 16.2 Å². The third-order valence-electron chi connectivity index (χ3n) is 20.0. The molecule has 8 aliphatic rings. The zero-order valence-corrected chi connectivity index (χ0v) is 54.8. The van der Waals surface area contributed by atoms with Gasteiger partial charge in [-0.15, -0.1) is 11.8 Å². The number of nitrogens with one attached hydrogen (secondary N) is 4. The summed E-state index contributed by atoms with van der Waals surface area (Å²) < 4.78 is 99.9. The van der Waals surface area contributed by atoms with Gasteiger partial charge in [0, 0.05) is 118 Å². The maximum atomic E-state index is 14.5. The Kier molecular flexibility index (Phi) is 19.5. The first-order chi connectivity index (χ1) is 43.7. The predicted molar refractivity (Wildman–Crippen MR) is 345 cm³/mol. The normalized spacial score (nSPS) is 23.2. The smallest absolute Gasteiger partial charge is 0.385 e. The van der Waals surface area contributed by atoms with E-state index in [4.69, 9.17) is 0 Å². The molecule has 92 heavy (non-hydrogen) atoms. The van der Waals surface area contributed by atoms with Crippen LogP contribution in [0.15, 0.2) is 117 Å². The van der Waals surface area contributed by atoms with Crippen LogP contribution in [0.25, 0.3) is 0 Å². The topological polar surface area (TPSA) is 235 Å². The zero-order chi connectivity index (χ0) is 65.4. The number of nitrogens with zero attached hydrogens (tertiary/aromatic N) is 5. The number of anilines is 3. The first-order valence-corrected chi connectivity index (χ1v) is 36.1. The molecule has 12 rings (SSSR count). The van der Waals surface area contributed by atoms with E-state index in [1.165, 1.54) is 62.4 Å². The van der Waals surface area contributed by atoms with E-state index in [0.29, 0.717) is 93.0 Å². The number of sulfone groups is 1. The molecule has 4 aromatic carbocycles. The number of halogens is 3. The van der Waals surface area contributed by atoms with E-state index in [9.17, 15) is 58.8 Å². The highest BCUT2D eigenvalue weighted by Gasteiger charge is 2.68. The van der Waals surface area contributed by atoms with Crippen LogP contribution >= 0.6 is 11.8 Å². The molecule has 4 aromatic rings. The van der Waals surface area contributed by atoms with Crippen molar-refractivity contribution in [3.05, 3.63) is 119 Å². The summed E-state index contributed by atoms with van der Waals surface area (Å²) in [4.78, 5) is 85.6. The second-order valence-electron chi connectivity index (χ2n) is 26.9. The number of thioether (sulfide) groups is 1. The molecule has 25 heteroatoms. The SMILES string of the molecule is CCC12CC(C3=C(CN4CCN(c5ccc(C(=O)NS(=O)(=O)c6ccc(N[C@H](CCN7CCN(C(=O)CCCCCNc8ccc9c(c8)C(=O)N(C8CCC(=O)NC8=O)C9=O)CC7)CSc7ccccc7)c(S(=O)(=O)C(F)(F)F)c6)cc5)CC4)CCC(C)(C)C3)(C1)C2. The minimum Gasteiger partial charge on any atom is -0.385 e. The van der Waals surface area contributed by atoms with E-state index in [-0.39, 0.29) is 41.2 Å². The fourth-order valence-corrected chi connectivity index (χ4v) is 17.7. The Balaban J connectivity index is 0.658. The Labute approximate surface area is 541 Å². The number of allylic oxidation sites excluding steroid dienone is 1. The van der Waals surface area contributed by atoms with Gasteiger partial charge < -0.3 is 20.4 Å². The number of benzene rings is 4. The van der Waals surface area contributed by atoms with E-state index >= 15 is 0 Å². The molecule has 2 bridgehead atoms. The molecule has 1 unspecified atom stereocenters. The largest absolute Gasteiger partial charge is 0.501 e. The fourth-order valence-electron chi connectivity index (χ4n) is 14.6. The van der Waals surface area contributed by atoms with Crippen LogP contribution in [0.4, 0.5) is 30.2 Å². The lowest BCUT2D eigenvalue weighted by Crippen LogP contribution is -2.63. The molecule has 4 heterocycles. The molecule has 6 fully saturated rings. The van der Waals surface area contributed by atoms with Gasteiger partial charge in [0.05, 0.1) is 21.7 Å². The van der Waals surface area contributed by atoms with Crippen molar-refractivity contribution in [1.82, 2.24) is 29.6 Å². The molecule has 3 saturated carbocycles. The summed E-state index contributed by atoms with van der Waals surface area (Å²) in [5, 5.41) is 8.47. The van der Waals surface area contributed by atoms with Crippen LogP contribution in [-0.2, 0) is 34.2 Å². The van der Waals surface area contributed by atoms with Gasteiger partial charge in [-0.25, -0.2) is 21.6 Å². The second kappa shape index (κ2) is 26.9. The first-order valence-electron chi connectivity index (χ1n) is 32.1. The lowest BCUT2D eigenvalue weighted by Gasteiger charge is -2.73. The fraction of sp³-hybridized carbons (Fsp3) is 0.522. The van der Waals surface area contributed by atoms with Gasteiger partial charge in [0.2, 0.25) is 17.7 Å².